The molecular weight excluding hydrogens is 200 g/mol. The number of ether oxygens (including phenoxy) is 1. The van der Waals surface area contributed by atoms with Crippen molar-refractivity contribution in [3.05, 3.63) is 29.3 Å². The van der Waals surface area contributed by atoms with Crippen molar-refractivity contribution in [3.8, 4) is 5.75 Å². The average molecular weight is 212 g/mol. The fourth-order valence-electron chi connectivity index (χ4n) is 1.20. The molecule has 0 saturated heterocycles. The van der Waals surface area contributed by atoms with Crippen LogP contribution in [-0.4, -0.2) is 28.4 Å². The van der Waals surface area contributed by atoms with Crippen LogP contribution in [0.2, 0.25) is 0 Å². The monoisotopic (exact) mass is 212 g/mol. The molecule has 0 aliphatic carbocycles. The van der Waals surface area contributed by atoms with Crippen LogP contribution in [0.3, 0.4) is 0 Å². The van der Waals surface area contributed by atoms with E-state index in [0.717, 1.165) is 7.11 Å². The maximum atomic E-state index is 11.0. The van der Waals surface area contributed by atoms with Gasteiger partial charge < -0.3 is 20.1 Å². The molecule has 1 rings (SSSR count). The number of phenols is 1. The second kappa shape index (κ2) is 4.77. The van der Waals surface area contributed by atoms with Gasteiger partial charge in [0, 0.05) is 11.1 Å². The van der Waals surface area contributed by atoms with Crippen molar-refractivity contribution in [2.75, 3.05) is 7.11 Å². The van der Waals surface area contributed by atoms with Gasteiger partial charge in [-0.25, -0.2) is 4.79 Å². The predicted molar refractivity (Wildman–Crippen MR) is 51.0 cm³/mol. The summed E-state index contributed by atoms with van der Waals surface area (Å²) in [7, 11) is 1.14. The van der Waals surface area contributed by atoms with E-state index in [1.165, 1.54) is 18.2 Å². The Morgan fingerprint density at radius 3 is 2.73 bits per heavy atom. The Labute approximate surface area is 86.5 Å². The summed E-state index contributed by atoms with van der Waals surface area (Å²) in [6.07, 6.45) is -1.54. The number of benzene rings is 1. The van der Waals surface area contributed by atoms with Gasteiger partial charge in [-0.15, -0.1) is 0 Å². The highest BCUT2D eigenvalue weighted by Crippen LogP contribution is 2.28. The molecule has 1 aromatic rings. The Balaban J connectivity index is 3.09. The lowest BCUT2D eigenvalue weighted by Gasteiger charge is -2.12. The third-order valence-electron chi connectivity index (χ3n) is 2.04. The van der Waals surface area contributed by atoms with E-state index in [-0.39, 0.29) is 23.5 Å². The highest BCUT2D eigenvalue weighted by atomic mass is 16.5. The number of aliphatic hydroxyl groups is 2. The SMILES string of the molecule is COC(=O)C(O)c1cccc(CO)c1O. The molecule has 0 aliphatic rings. The van der Waals surface area contributed by atoms with Crippen LogP contribution in [0.25, 0.3) is 0 Å². The number of carbonyl (C=O) groups is 1. The van der Waals surface area contributed by atoms with Crippen molar-refractivity contribution >= 4 is 5.97 Å². The Morgan fingerprint density at radius 1 is 1.53 bits per heavy atom. The molecule has 3 N–H and O–H groups in total. The number of aliphatic hydroxyl groups excluding tert-OH is 2. The summed E-state index contributed by atoms with van der Waals surface area (Å²) in [4.78, 5) is 11.0. The van der Waals surface area contributed by atoms with Crippen molar-refractivity contribution in [1.82, 2.24) is 0 Å². The minimum absolute atomic E-state index is 0.0217. The van der Waals surface area contributed by atoms with Crippen LogP contribution >= 0.6 is 0 Å². The van der Waals surface area contributed by atoms with Gasteiger partial charge in [0.05, 0.1) is 13.7 Å². The van der Waals surface area contributed by atoms with E-state index in [1.807, 2.05) is 0 Å². The summed E-state index contributed by atoms with van der Waals surface area (Å²) in [6, 6.07) is 4.39. The Morgan fingerprint density at radius 2 is 2.20 bits per heavy atom. The second-order valence-electron chi connectivity index (χ2n) is 2.94. The van der Waals surface area contributed by atoms with E-state index in [0.29, 0.717) is 0 Å². The van der Waals surface area contributed by atoms with Gasteiger partial charge in [-0.05, 0) is 0 Å². The van der Waals surface area contributed by atoms with Crippen LogP contribution in [0.4, 0.5) is 0 Å². The quantitative estimate of drug-likeness (QED) is 0.618. The molecule has 0 aromatic heterocycles. The average Bonchev–Trinajstić information content (AvgIpc) is 2.27. The number of rotatable bonds is 3. The van der Waals surface area contributed by atoms with Crippen LogP contribution in [0.5, 0.6) is 5.75 Å². The number of carbonyl (C=O) groups excluding carboxylic acids is 1. The first-order valence-corrected chi connectivity index (χ1v) is 4.29. The topological polar surface area (TPSA) is 87.0 Å². The van der Waals surface area contributed by atoms with Crippen LogP contribution in [0.15, 0.2) is 18.2 Å². The molecule has 5 nitrogen and oxygen atoms in total. The summed E-state index contributed by atoms with van der Waals surface area (Å²) in [6.45, 7) is -0.367. The first-order chi connectivity index (χ1) is 7.11. The van der Waals surface area contributed by atoms with E-state index in [4.69, 9.17) is 5.11 Å². The Bertz CT molecular complexity index is 361. The summed E-state index contributed by atoms with van der Waals surface area (Å²) in [5.74, 6) is -1.15. The molecular formula is C10H12O5. The molecule has 15 heavy (non-hydrogen) atoms. The lowest BCUT2D eigenvalue weighted by atomic mass is 10.0. The third kappa shape index (κ3) is 2.26. The van der Waals surface area contributed by atoms with Gasteiger partial charge in [0.2, 0.25) is 0 Å². The van der Waals surface area contributed by atoms with E-state index in [2.05, 4.69) is 4.74 Å². The minimum atomic E-state index is -1.54. The summed E-state index contributed by atoms with van der Waals surface area (Å²) < 4.78 is 4.33. The van der Waals surface area contributed by atoms with Crippen LogP contribution in [-0.2, 0) is 16.1 Å². The second-order valence-corrected chi connectivity index (χ2v) is 2.94. The molecule has 5 heteroatoms. The summed E-state index contributed by atoms with van der Waals surface area (Å²) in [5.41, 5.74) is 0.267. The van der Waals surface area contributed by atoms with E-state index < -0.39 is 12.1 Å². The zero-order valence-electron chi connectivity index (χ0n) is 8.17. The van der Waals surface area contributed by atoms with Crippen molar-refractivity contribution in [3.63, 3.8) is 0 Å². The zero-order valence-corrected chi connectivity index (χ0v) is 8.17. The van der Waals surface area contributed by atoms with Gasteiger partial charge in [0.15, 0.2) is 6.10 Å². The van der Waals surface area contributed by atoms with Gasteiger partial charge in [0.25, 0.3) is 0 Å². The first-order valence-electron chi connectivity index (χ1n) is 4.29. The molecule has 0 heterocycles. The first kappa shape index (κ1) is 11.5. The molecule has 1 atom stereocenters. The van der Waals surface area contributed by atoms with Crippen LogP contribution in [0, 0.1) is 0 Å². The summed E-state index contributed by atoms with van der Waals surface area (Å²) in [5, 5.41) is 27.9. The van der Waals surface area contributed by atoms with Crippen LogP contribution in [0.1, 0.15) is 17.2 Å². The molecule has 82 valence electrons. The fourth-order valence-corrected chi connectivity index (χ4v) is 1.20. The standard InChI is InChI=1S/C10H12O5/c1-15-10(14)9(13)7-4-2-3-6(5-11)8(7)12/h2-4,9,11-13H,5H2,1H3. The summed E-state index contributed by atoms with van der Waals surface area (Å²) >= 11 is 0. The predicted octanol–water partition coefficient (Wildman–Crippen LogP) is 0.0909. The molecule has 1 aromatic carbocycles. The molecule has 0 aliphatic heterocycles. The lowest BCUT2D eigenvalue weighted by molar-refractivity contribution is -0.150. The number of hydrogen-bond donors (Lipinski definition) is 3. The van der Waals surface area contributed by atoms with Crippen molar-refractivity contribution in [2.45, 2.75) is 12.7 Å². The largest absolute Gasteiger partial charge is 0.507 e. The smallest absolute Gasteiger partial charge is 0.339 e. The van der Waals surface area contributed by atoms with Gasteiger partial charge in [-0.2, -0.15) is 0 Å². The normalized spacial score (nSPS) is 12.2. The highest BCUT2D eigenvalue weighted by Gasteiger charge is 2.22. The molecule has 0 bridgehead atoms. The number of esters is 1. The lowest BCUT2D eigenvalue weighted by Crippen LogP contribution is -2.13. The van der Waals surface area contributed by atoms with Gasteiger partial charge in [-0.1, -0.05) is 18.2 Å². The Kier molecular flexibility index (Phi) is 3.65. The highest BCUT2D eigenvalue weighted by molar-refractivity contribution is 5.77. The van der Waals surface area contributed by atoms with Crippen molar-refractivity contribution < 1.29 is 24.9 Å². The van der Waals surface area contributed by atoms with Crippen LogP contribution < -0.4 is 0 Å². The van der Waals surface area contributed by atoms with Gasteiger partial charge in [-0.3, -0.25) is 0 Å². The molecule has 0 spiro atoms. The molecule has 0 amide bonds. The van der Waals surface area contributed by atoms with E-state index in [1.54, 1.807) is 0 Å². The number of aromatic hydroxyl groups is 1. The van der Waals surface area contributed by atoms with Crippen molar-refractivity contribution in [1.29, 1.82) is 0 Å². The molecule has 0 radical (unpaired) electrons. The number of hydrogen-bond acceptors (Lipinski definition) is 5. The maximum absolute atomic E-state index is 11.0. The third-order valence-corrected chi connectivity index (χ3v) is 2.04. The van der Waals surface area contributed by atoms with E-state index in [9.17, 15) is 15.0 Å². The van der Waals surface area contributed by atoms with Gasteiger partial charge in [0.1, 0.15) is 5.75 Å². The Hall–Kier alpha value is -1.59. The van der Waals surface area contributed by atoms with E-state index >= 15 is 0 Å². The number of methoxy groups -OCH3 is 1. The van der Waals surface area contributed by atoms with Crippen molar-refractivity contribution in [2.24, 2.45) is 0 Å². The molecule has 0 fully saturated rings. The fraction of sp³-hybridized carbons (Fsp3) is 0.300. The zero-order chi connectivity index (χ0) is 11.4. The molecule has 0 saturated carbocycles. The maximum Gasteiger partial charge on any atom is 0.339 e. The molecule has 1 unspecified atom stereocenters. The van der Waals surface area contributed by atoms with Gasteiger partial charge >= 0.3 is 5.97 Å². The minimum Gasteiger partial charge on any atom is -0.507 e. The number of para-hydroxylation sites is 1.